The highest BCUT2D eigenvalue weighted by molar-refractivity contribution is 4.70. The number of ether oxygens (including phenoxy) is 1. The van der Waals surface area contributed by atoms with Crippen LogP contribution in [0.15, 0.2) is 0 Å². The van der Waals surface area contributed by atoms with Crippen LogP contribution in [0.1, 0.15) is 6.92 Å². The molecule has 0 aromatic heterocycles. The fourth-order valence-corrected chi connectivity index (χ4v) is 0.963. The van der Waals surface area contributed by atoms with Crippen molar-refractivity contribution in [2.75, 3.05) is 19.8 Å². The average Bonchev–Trinajstić information content (AvgIpc) is 1.88. The molecule has 2 nitrogen and oxygen atoms in total. The lowest BCUT2D eigenvalue weighted by atomic mass is 10.3. The fraction of sp³-hybridized carbons (Fsp3) is 1.00. The molecule has 0 aliphatic carbocycles. The smallest absolute Gasteiger partial charge is 0.117 e. The topological polar surface area (TPSA) is 21.3 Å². The van der Waals surface area contributed by atoms with Crippen molar-refractivity contribution in [1.29, 1.82) is 0 Å². The Balaban J connectivity index is 2.23. The monoisotopic (exact) mass is 133 g/mol. The highest BCUT2D eigenvalue weighted by atomic mass is 19.1. The molecule has 0 spiro atoms. The summed E-state index contributed by atoms with van der Waals surface area (Å²) in [5.74, 6) is 0. The van der Waals surface area contributed by atoms with Crippen LogP contribution in [-0.2, 0) is 4.74 Å². The van der Waals surface area contributed by atoms with Crippen LogP contribution in [0, 0.1) is 0 Å². The van der Waals surface area contributed by atoms with Gasteiger partial charge in [0.1, 0.15) is 6.67 Å². The van der Waals surface area contributed by atoms with Gasteiger partial charge < -0.3 is 10.1 Å². The number of rotatable bonds is 1. The molecule has 1 aliphatic rings. The molecule has 0 bridgehead atoms. The van der Waals surface area contributed by atoms with Gasteiger partial charge in [-0.05, 0) is 6.92 Å². The molecule has 1 saturated heterocycles. The van der Waals surface area contributed by atoms with E-state index in [4.69, 9.17) is 4.74 Å². The molecule has 1 heterocycles. The molecule has 0 saturated carbocycles. The van der Waals surface area contributed by atoms with Gasteiger partial charge in [0.15, 0.2) is 0 Å². The van der Waals surface area contributed by atoms with Gasteiger partial charge in [-0.25, -0.2) is 4.39 Å². The van der Waals surface area contributed by atoms with Crippen LogP contribution in [0.4, 0.5) is 4.39 Å². The van der Waals surface area contributed by atoms with Crippen LogP contribution in [0.25, 0.3) is 0 Å². The maximum absolute atomic E-state index is 11.9. The summed E-state index contributed by atoms with van der Waals surface area (Å²) in [5.41, 5.74) is 0. The first-order chi connectivity index (χ1) is 4.33. The first-order valence-electron chi connectivity index (χ1n) is 3.25. The van der Waals surface area contributed by atoms with Gasteiger partial charge in [0.05, 0.1) is 12.2 Å². The minimum absolute atomic E-state index is 0.166. The van der Waals surface area contributed by atoms with Gasteiger partial charge in [-0.1, -0.05) is 0 Å². The lowest BCUT2D eigenvalue weighted by molar-refractivity contribution is -0.0375. The molecule has 1 N–H and O–H groups in total. The second-order valence-electron chi connectivity index (χ2n) is 2.38. The van der Waals surface area contributed by atoms with E-state index in [0.29, 0.717) is 6.54 Å². The highest BCUT2D eigenvalue weighted by Crippen LogP contribution is 2.02. The summed E-state index contributed by atoms with van der Waals surface area (Å²) in [6, 6.07) is 0. The van der Waals surface area contributed by atoms with Gasteiger partial charge in [-0.15, -0.1) is 0 Å². The lowest BCUT2D eigenvalue weighted by Crippen LogP contribution is -2.44. The Bertz CT molecular complexity index is 89.1. The Kier molecular flexibility index (Phi) is 2.42. The first kappa shape index (κ1) is 6.96. The minimum Gasteiger partial charge on any atom is -0.370 e. The maximum Gasteiger partial charge on any atom is 0.117 e. The molecular weight excluding hydrogens is 121 g/mol. The van der Waals surface area contributed by atoms with Crippen LogP contribution in [0.5, 0.6) is 0 Å². The van der Waals surface area contributed by atoms with Crippen molar-refractivity contribution in [3.63, 3.8) is 0 Å². The average molecular weight is 133 g/mol. The Morgan fingerprint density at radius 1 is 1.67 bits per heavy atom. The van der Waals surface area contributed by atoms with Crippen molar-refractivity contribution >= 4 is 0 Å². The molecule has 9 heavy (non-hydrogen) atoms. The van der Waals surface area contributed by atoms with E-state index in [0.717, 1.165) is 6.54 Å². The molecule has 1 rings (SSSR count). The van der Waals surface area contributed by atoms with E-state index in [2.05, 4.69) is 5.32 Å². The van der Waals surface area contributed by atoms with Crippen molar-refractivity contribution in [3.05, 3.63) is 0 Å². The molecule has 3 heteroatoms. The van der Waals surface area contributed by atoms with Crippen LogP contribution < -0.4 is 5.32 Å². The molecule has 0 amide bonds. The van der Waals surface area contributed by atoms with E-state index in [9.17, 15) is 4.39 Å². The summed E-state index contributed by atoms with van der Waals surface area (Å²) < 4.78 is 17.1. The Morgan fingerprint density at radius 3 is 2.89 bits per heavy atom. The number of halogens is 1. The van der Waals surface area contributed by atoms with Crippen molar-refractivity contribution in [3.8, 4) is 0 Å². The second kappa shape index (κ2) is 3.13. The molecule has 0 radical (unpaired) electrons. The zero-order valence-corrected chi connectivity index (χ0v) is 5.56. The van der Waals surface area contributed by atoms with Gasteiger partial charge in [0.25, 0.3) is 0 Å². The predicted molar refractivity (Wildman–Crippen MR) is 33.2 cm³/mol. The summed E-state index contributed by atoms with van der Waals surface area (Å²) in [4.78, 5) is 0. The van der Waals surface area contributed by atoms with E-state index >= 15 is 0 Å². The SMILES string of the molecule is C[C@H]1CNC[C@@H](CF)O1. The summed E-state index contributed by atoms with van der Waals surface area (Å²) >= 11 is 0. The van der Waals surface area contributed by atoms with Crippen LogP contribution >= 0.6 is 0 Å². The molecule has 1 fully saturated rings. The second-order valence-corrected chi connectivity index (χ2v) is 2.38. The first-order valence-corrected chi connectivity index (χ1v) is 3.25. The van der Waals surface area contributed by atoms with Crippen molar-refractivity contribution < 1.29 is 9.13 Å². The maximum atomic E-state index is 11.9. The number of hydrogen-bond donors (Lipinski definition) is 1. The highest BCUT2D eigenvalue weighted by Gasteiger charge is 2.17. The van der Waals surface area contributed by atoms with Crippen LogP contribution in [0.2, 0.25) is 0 Å². The Labute approximate surface area is 54.4 Å². The summed E-state index contributed by atoms with van der Waals surface area (Å²) in [6.45, 7) is 3.06. The molecular formula is C6H12FNO. The molecule has 0 unspecified atom stereocenters. The van der Waals surface area contributed by atoms with Gasteiger partial charge in [0.2, 0.25) is 0 Å². The van der Waals surface area contributed by atoms with Crippen molar-refractivity contribution in [2.45, 2.75) is 19.1 Å². The third kappa shape index (κ3) is 1.91. The molecule has 54 valence electrons. The number of alkyl halides is 1. The Hall–Kier alpha value is -0.150. The Morgan fingerprint density at radius 2 is 2.44 bits per heavy atom. The van der Waals surface area contributed by atoms with E-state index < -0.39 is 0 Å². The minimum atomic E-state index is -0.378. The largest absolute Gasteiger partial charge is 0.370 e. The van der Waals surface area contributed by atoms with Gasteiger partial charge in [-0.3, -0.25) is 0 Å². The fourth-order valence-electron chi connectivity index (χ4n) is 0.963. The van der Waals surface area contributed by atoms with E-state index in [1.165, 1.54) is 0 Å². The van der Waals surface area contributed by atoms with Crippen molar-refractivity contribution in [1.82, 2.24) is 5.32 Å². The molecule has 1 aliphatic heterocycles. The number of hydrogen-bond acceptors (Lipinski definition) is 2. The summed E-state index contributed by atoms with van der Waals surface area (Å²) in [7, 11) is 0. The zero-order chi connectivity index (χ0) is 6.69. The number of morpholine rings is 1. The lowest BCUT2D eigenvalue weighted by Gasteiger charge is -2.26. The standard InChI is InChI=1S/C6H12FNO/c1-5-3-8-4-6(2-7)9-5/h5-6,8H,2-4H2,1H3/t5-,6+/m0/s1. The quantitative estimate of drug-likeness (QED) is 0.556. The van der Waals surface area contributed by atoms with E-state index in [1.807, 2.05) is 6.92 Å². The molecule has 0 aromatic rings. The normalized spacial score (nSPS) is 36.7. The molecule has 2 atom stereocenters. The van der Waals surface area contributed by atoms with Gasteiger partial charge >= 0.3 is 0 Å². The van der Waals surface area contributed by atoms with Crippen molar-refractivity contribution in [2.24, 2.45) is 0 Å². The third-order valence-electron chi connectivity index (χ3n) is 1.40. The van der Waals surface area contributed by atoms with Crippen LogP contribution in [-0.4, -0.2) is 32.0 Å². The van der Waals surface area contributed by atoms with Crippen LogP contribution in [0.3, 0.4) is 0 Å². The predicted octanol–water partition coefficient (Wildman–Crippen LogP) is 0.333. The number of nitrogens with one attached hydrogen (secondary N) is 1. The zero-order valence-electron chi connectivity index (χ0n) is 5.56. The third-order valence-corrected chi connectivity index (χ3v) is 1.40. The van der Waals surface area contributed by atoms with E-state index in [-0.39, 0.29) is 18.9 Å². The van der Waals surface area contributed by atoms with Gasteiger partial charge in [-0.2, -0.15) is 0 Å². The van der Waals surface area contributed by atoms with E-state index in [1.54, 1.807) is 0 Å². The van der Waals surface area contributed by atoms with Gasteiger partial charge in [0, 0.05) is 13.1 Å². The molecule has 0 aromatic carbocycles. The summed E-state index contributed by atoms with van der Waals surface area (Å²) in [6.07, 6.45) is -0.0479. The summed E-state index contributed by atoms with van der Waals surface area (Å²) in [5, 5.41) is 3.07.